The van der Waals surface area contributed by atoms with Crippen molar-refractivity contribution < 1.29 is 13.1 Å². The lowest BCUT2D eigenvalue weighted by atomic mass is 10.1. The van der Waals surface area contributed by atoms with Gasteiger partial charge in [-0.25, -0.2) is 4.21 Å². The summed E-state index contributed by atoms with van der Waals surface area (Å²) in [5.74, 6) is 0. The fourth-order valence-corrected chi connectivity index (χ4v) is 2.53. The third kappa shape index (κ3) is 3.88. The van der Waals surface area contributed by atoms with Crippen LogP contribution in [0.2, 0.25) is 0 Å². The van der Waals surface area contributed by atoms with E-state index < -0.39 is 11.1 Å². The van der Waals surface area contributed by atoms with Crippen LogP contribution in [0.5, 0.6) is 0 Å². The Labute approximate surface area is 111 Å². The van der Waals surface area contributed by atoms with Gasteiger partial charge in [0, 0.05) is 19.6 Å². The van der Waals surface area contributed by atoms with E-state index in [1.807, 2.05) is 24.3 Å². The van der Waals surface area contributed by atoms with Crippen LogP contribution in [-0.4, -0.2) is 49.1 Å². The number of nitrogens with zero attached hydrogens (tertiary/aromatic N) is 1. The number of benzene rings is 1. The summed E-state index contributed by atoms with van der Waals surface area (Å²) in [5.41, 5.74) is 1.26. The molecule has 0 bridgehead atoms. The van der Waals surface area contributed by atoms with Crippen LogP contribution in [0.3, 0.4) is 0 Å². The predicted molar refractivity (Wildman–Crippen MR) is 70.8 cm³/mol. The van der Waals surface area contributed by atoms with E-state index in [0.717, 1.165) is 39.3 Å². The molecule has 1 aliphatic rings. The fourth-order valence-electron chi connectivity index (χ4n) is 1.98. The van der Waals surface area contributed by atoms with E-state index in [1.54, 1.807) is 0 Å². The minimum Gasteiger partial charge on any atom is -0.379 e. The Bertz CT molecular complexity index is 388. The second-order valence-electron chi connectivity index (χ2n) is 4.25. The third-order valence-corrected chi connectivity index (χ3v) is 4.05. The van der Waals surface area contributed by atoms with Crippen molar-refractivity contribution in [3.05, 3.63) is 29.8 Å². The van der Waals surface area contributed by atoms with E-state index >= 15 is 0 Å². The molecule has 1 aromatic carbocycles. The summed E-state index contributed by atoms with van der Waals surface area (Å²) in [4.78, 5) is 3.12. The second-order valence-corrected chi connectivity index (χ2v) is 5.52. The molecule has 18 heavy (non-hydrogen) atoms. The maximum atomic E-state index is 11.4. The molecule has 0 radical (unpaired) electrons. The van der Waals surface area contributed by atoms with Crippen LogP contribution in [0, 0.1) is 0 Å². The Morgan fingerprint density at radius 2 is 1.94 bits per heavy atom. The molecule has 100 valence electrons. The van der Waals surface area contributed by atoms with Gasteiger partial charge in [0.2, 0.25) is 0 Å². The van der Waals surface area contributed by atoms with Crippen LogP contribution < -0.4 is 0 Å². The van der Waals surface area contributed by atoms with Crippen LogP contribution in [0.4, 0.5) is 0 Å². The van der Waals surface area contributed by atoms with Gasteiger partial charge < -0.3 is 4.74 Å². The molecule has 1 atom stereocenters. The molecule has 1 unspecified atom stereocenters. The fraction of sp³-hybridized carbons (Fsp3) is 0.538. The smallest absolute Gasteiger partial charge is 0.188 e. The van der Waals surface area contributed by atoms with Gasteiger partial charge in [-0.15, -0.1) is 0 Å². The van der Waals surface area contributed by atoms with Crippen molar-refractivity contribution >= 4 is 11.1 Å². The lowest BCUT2D eigenvalue weighted by Crippen LogP contribution is -2.37. The van der Waals surface area contributed by atoms with Gasteiger partial charge in [-0.2, -0.15) is 0 Å². The van der Waals surface area contributed by atoms with Crippen LogP contribution in [0.15, 0.2) is 29.2 Å². The van der Waals surface area contributed by atoms with E-state index in [0.29, 0.717) is 4.90 Å². The molecule has 2 rings (SSSR count). The van der Waals surface area contributed by atoms with Gasteiger partial charge in [0.25, 0.3) is 0 Å². The number of rotatable bonds is 5. The zero-order valence-electron chi connectivity index (χ0n) is 10.6. The standard InChI is InChI=1S/C13H19NO3S/c1-16-18(15)13-4-2-12(3-5-13)6-7-14-8-10-17-11-9-14/h2-5H,6-11H2,1H3. The van der Waals surface area contributed by atoms with Crippen LogP contribution >= 0.6 is 0 Å². The Balaban J connectivity index is 1.84. The van der Waals surface area contributed by atoms with Gasteiger partial charge in [-0.1, -0.05) is 12.1 Å². The number of ether oxygens (including phenoxy) is 1. The van der Waals surface area contributed by atoms with Crippen LogP contribution in [-0.2, 0) is 26.4 Å². The topological polar surface area (TPSA) is 38.8 Å². The first-order valence-electron chi connectivity index (χ1n) is 6.15. The maximum absolute atomic E-state index is 11.4. The summed E-state index contributed by atoms with van der Waals surface area (Å²) in [5, 5.41) is 0. The quantitative estimate of drug-likeness (QED) is 0.806. The molecule has 0 spiro atoms. The first kappa shape index (κ1) is 13.7. The summed E-state index contributed by atoms with van der Waals surface area (Å²) in [6, 6.07) is 7.78. The molecule has 0 saturated carbocycles. The number of hydrogen-bond donors (Lipinski definition) is 0. The first-order chi connectivity index (χ1) is 8.79. The molecule has 0 aromatic heterocycles. The van der Waals surface area contributed by atoms with Gasteiger partial charge in [0.15, 0.2) is 11.1 Å². The van der Waals surface area contributed by atoms with Crippen molar-refractivity contribution in [2.75, 3.05) is 40.0 Å². The van der Waals surface area contributed by atoms with Gasteiger partial charge in [-0.3, -0.25) is 9.08 Å². The van der Waals surface area contributed by atoms with Crippen molar-refractivity contribution in [1.82, 2.24) is 4.90 Å². The number of morpholine rings is 1. The molecular formula is C13H19NO3S. The predicted octanol–water partition coefficient (Wildman–Crippen LogP) is 1.23. The van der Waals surface area contributed by atoms with Crippen molar-refractivity contribution in [1.29, 1.82) is 0 Å². The normalized spacial score (nSPS) is 18.7. The molecule has 0 amide bonds. The van der Waals surface area contributed by atoms with Crippen LogP contribution in [0.25, 0.3) is 0 Å². The highest BCUT2D eigenvalue weighted by Crippen LogP contribution is 2.10. The summed E-state index contributed by atoms with van der Waals surface area (Å²) in [6.07, 6.45) is 1.01. The van der Waals surface area contributed by atoms with Crippen molar-refractivity contribution in [2.45, 2.75) is 11.3 Å². The molecule has 4 nitrogen and oxygen atoms in total. The monoisotopic (exact) mass is 269 g/mol. The molecule has 1 fully saturated rings. The largest absolute Gasteiger partial charge is 0.379 e. The molecule has 1 heterocycles. The van der Waals surface area contributed by atoms with Crippen molar-refractivity contribution in [3.8, 4) is 0 Å². The van der Waals surface area contributed by atoms with Crippen molar-refractivity contribution in [2.24, 2.45) is 0 Å². The van der Waals surface area contributed by atoms with Gasteiger partial charge >= 0.3 is 0 Å². The minimum absolute atomic E-state index is 0.715. The highest BCUT2D eigenvalue weighted by molar-refractivity contribution is 7.80. The van der Waals surface area contributed by atoms with E-state index in [-0.39, 0.29) is 0 Å². The highest BCUT2D eigenvalue weighted by Gasteiger charge is 2.10. The van der Waals surface area contributed by atoms with E-state index in [1.165, 1.54) is 12.7 Å². The van der Waals surface area contributed by atoms with Gasteiger partial charge in [-0.05, 0) is 24.1 Å². The van der Waals surface area contributed by atoms with Gasteiger partial charge in [0.05, 0.1) is 25.2 Å². The van der Waals surface area contributed by atoms with E-state index in [4.69, 9.17) is 8.92 Å². The lowest BCUT2D eigenvalue weighted by Gasteiger charge is -2.26. The van der Waals surface area contributed by atoms with E-state index in [9.17, 15) is 4.21 Å². The molecule has 5 heteroatoms. The molecule has 1 aliphatic heterocycles. The first-order valence-corrected chi connectivity index (χ1v) is 7.22. The average molecular weight is 269 g/mol. The average Bonchev–Trinajstić information content (AvgIpc) is 2.46. The third-order valence-electron chi connectivity index (χ3n) is 3.09. The molecular weight excluding hydrogens is 250 g/mol. The zero-order chi connectivity index (χ0) is 12.8. The zero-order valence-corrected chi connectivity index (χ0v) is 11.4. The summed E-state index contributed by atoms with van der Waals surface area (Å²) < 4.78 is 21.5. The van der Waals surface area contributed by atoms with Crippen molar-refractivity contribution in [3.63, 3.8) is 0 Å². The minimum atomic E-state index is -1.33. The summed E-state index contributed by atoms with van der Waals surface area (Å²) in [6.45, 7) is 4.77. The van der Waals surface area contributed by atoms with Crippen LogP contribution in [0.1, 0.15) is 5.56 Å². The Morgan fingerprint density at radius 1 is 1.28 bits per heavy atom. The Hall–Kier alpha value is -0.750. The van der Waals surface area contributed by atoms with E-state index in [2.05, 4.69) is 4.90 Å². The molecule has 1 aromatic rings. The van der Waals surface area contributed by atoms with Gasteiger partial charge in [0.1, 0.15) is 0 Å². The summed E-state index contributed by atoms with van der Waals surface area (Å²) >= 11 is -1.33. The maximum Gasteiger partial charge on any atom is 0.188 e. The molecule has 0 aliphatic carbocycles. The summed E-state index contributed by atoms with van der Waals surface area (Å²) in [7, 11) is 1.45. The Kier molecular flexibility index (Phi) is 5.31. The number of hydrogen-bond acceptors (Lipinski definition) is 4. The SMILES string of the molecule is COS(=O)c1ccc(CCN2CCOCC2)cc1. The lowest BCUT2D eigenvalue weighted by molar-refractivity contribution is 0.0384. The molecule has 1 saturated heterocycles. The highest BCUT2D eigenvalue weighted by atomic mass is 32.2. The Morgan fingerprint density at radius 3 is 2.56 bits per heavy atom. The second kappa shape index (κ2) is 6.99. The molecule has 0 N–H and O–H groups in total.